The van der Waals surface area contributed by atoms with Gasteiger partial charge in [0.1, 0.15) is 6.04 Å². The molecule has 2 aliphatic rings. The van der Waals surface area contributed by atoms with E-state index in [9.17, 15) is 9.59 Å². The first-order valence-electron chi connectivity index (χ1n) is 11.5. The van der Waals surface area contributed by atoms with E-state index in [4.69, 9.17) is 11.6 Å². The molecule has 2 heterocycles. The molecule has 7 heteroatoms. The van der Waals surface area contributed by atoms with Crippen molar-refractivity contribution < 1.29 is 9.59 Å². The highest BCUT2D eigenvalue weighted by atomic mass is 35.5. The molecule has 4 rings (SSSR count). The van der Waals surface area contributed by atoms with Gasteiger partial charge >= 0.3 is 0 Å². The van der Waals surface area contributed by atoms with Crippen molar-refractivity contribution in [3.05, 3.63) is 51.2 Å². The minimum atomic E-state index is -0.604. The summed E-state index contributed by atoms with van der Waals surface area (Å²) in [6, 6.07) is 11.1. The van der Waals surface area contributed by atoms with Gasteiger partial charge in [0.25, 0.3) is 5.91 Å². The number of rotatable bonds is 9. The molecule has 2 N–H and O–H groups in total. The molecule has 172 valence electrons. The summed E-state index contributed by atoms with van der Waals surface area (Å²) in [6.07, 6.45) is 5.67. The highest BCUT2D eigenvalue weighted by molar-refractivity contribution is 7.18. The van der Waals surface area contributed by atoms with Crippen LogP contribution in [0.2, 0.25) is 4.34 Å². The number of halogens is 1. The van der Waals surface area contributed by atoms with E-state index in [1.165, 1.54) is 55.7 Å². The van der Waals surface area contributed by atoms with Crippen molar-refractivity contribution >= 4 is 40.4 Å². The van der Waals surface area contributed by atoms with Gasteiger partial charge in [-0.3, -0.25) is 9.59 Å². The molecule has 0 spiro atoms. The summed E-state index contributed by atoms with van der Waals surface area (Å²) >= 11 is 7.16. The van der Waals surface area contributed by atoms with E-state index >= 15 is 0 Å². The van der Waals surface area contributed by atoms with Gasteiger partial charge in [0.05, 0.1) is 9.21 Å². The van der Waals surface area contributed by atoms with Gasteiger partial charge in [0.15, 0.2) is 0 Å². The fourth-order valence-corrected chi connectivity index (χ4v) is 5.51. The molecule has 0 radical (unpaired) electrons. The first kappa shape index (κ1) is 23.3. The molecule has 1 atom stereocenters. The van der Waals surface area contributed by atoms with E-state index in [-0.39, 0.29) is 17.7 Å². The second-order valence-electron chi connectivity index (χ2n) is 9.59. The number of anilines is 1. The normalized spacial score (nSPS) is 18.5. The summed E-state index contributed by atoms with van der Waals surface area (Å²) < 4.78 is 0.554. The lowest BCUT2D eigenvalue weighted by atomic mass is 9.95. The van der Waals surface area contributed by atoms with Crippen molar-refractivity contribution in [2.75, 3.05) is 25.0 Å². The summed E-state index contributed by atoms with van der Waals surface area (Å²) in [5.74, 6) is -0.197. The van der Waals surface area contributed by atoms with Crippen LogP contribution in [0.4, 0.5) is 5.69 Å². The van der Waals surface area contributed by atoms with Crippen LogP contribution in [-0.2, 0) is 10.2 Å². The summed E-state index contributed by atoms with van der Waals surface area (Å²) in [6.45, 7) is 7.67. The largest absolute Gasteiger partial charge is 0.340 e. The number of carbonyl (C=O) groups is 2. The van der Waals surface area contributed by atoms with E-state index in [2.05, 4.69) is 27.7 Å². The second-order valence-corrected chi connectivity index (χ2v) is 11.3. The van der Waals surface area contributed by atoms with Crippen LogP contribution in [0.5, 0.6) is 0 Å². The lowest BCUT2D eigenvalue weighted by molar-refractivity contribution is -0.118. The van der Waals surface area contributed by atoms with Gasteiger partial charge in [-0.2, -0.15) is 0 Å². The monoisotopic (exact) mass is 473 g/mol. The van der Waals surface area contributed by atoms with Gasteiger partial charge in [-0.15, -0.1) is 11.3 Å². The smallest absolute Gasteiger partial charge is 0.262 e. The topological polar surface area (TPSA) is 61.4 Å². The van der Waals surface area contributed by atoms with Gasteiger partial charge in [-0.1, -0.05) is 37.6 Å². The fourth-order valence-electron chi connectivity index (χ4n) is 4.56. The predicted molar refractivity (Wildman–Crippen MR) is 132 cm³/mol. The van der Waals surface area contributed by atoms with Crippen LogP contribution in [0, 0.1) is 5.92 Å². The first-order chi connectivity index (χ1) is 15.3. The average molecular weight is 474 g/mol. The third-order valence-corrected chi connectivity index (χ3v) is 7.70. The Morgan fingerprint density at radius 1 is 1.09 bits per heavy atom. The predicted octanol–water partition coefficient (Wildman–Crippen LogP) is 5.31. The number of nitrogens with zero attached hydrogens (tertiary/aromatic N) is 1. The van der Waals surface area contributed by atoms with Crippen LogP contribution in [0.15, 0.2) is 36.4 Å². The zero-order valence-corrected chi connectivity index (χ0v) is 20.4. The summed E-state index contributed by atoms with van der Waals surface area (Å²) in [4.78, 5) is 28.7. The molecule has 1 saturated carbocycles. The minimum absolute atomic E-state index is 0.194. The molecule has 1 aliphatic heterocycles. The van der Waals surface area contributed by atoms with Crippen LogP contribution >= 0.6 is 22.9 Å². The van der Waals surface area contributed by atoms with Crippen molar-refractivity contribution in [3.63, 3.8) is 0 Å². The van der Waals surface area contributed by atoms with E-state index in [0.29, 0.717) is 21.0 Å². The second kappa shape index (κ2) is 9.94. The van der Waals surface area contributed by atoms with Gasteiger partial charge in [0.2, 0.25) is 5.91 Å². The standard InChI is InChI=1S/C25H32ClN3O2S/c1-17(2)15-20(28-24(31)21-9-10-22(26)32-21)23(30)27-19-7-5-18(6-8-19)25(11-12-25)16-29-13-3-4-14-29/h5-10,17,20H,3-4,11-16H2,1-2H3,(H,27,30)(H,28,31). The molecule has 5 nitrogen and oxygen atoms in total. The van der Waals surface area contributed by atoms with E-state index < -0.39 is 6.04 Å². The van der Waals surface area contributed by atoms with Crippen molar-refractivity contribution in [3.8, 4) is 0 Å². The Balaban J connectivity index is 1.38. The summed E-state index contributed by atoms with van der Waals surface area (Å²) in [5.41, 5.74) is 2.42. The molecule has 1 aromatic heterocycles. The molecule has 1 saturated heterocycles. The average Bonchev–Trinajstić information content (AvgIpc) is 3.12. The van der Waals surface area contributed by atoms with Crippen LogP contribution in [-0.4, -0.2) is 42.4 Å². The van der Waals surface area contributed by atoms with E-state index in [1.807, 2.05) is 26.0 Å². The van der Waals surface area contributed by atoms with Crippen LogP contribution in [0.1, 0.15) is 61.2 Å². The molecule has 0 bridgehead atoms. The van der Waals surface area contributed by atoms with Crippen molar-refractivity contribution in [2.45, 2.75) is 57.4 Å². The van der Waals surface area contributed by atoms with Gasteiger partial charge in [0, 0.05) is 17.6 Å². The molecular weight excluding hydrogens is 442 g/mol. The lowest BCUT2D eigenvalue weighted by Crippen LogP contribution is -2.44. The maximum atomic E-state index is 13.0. The zero-order chi connectivity index (χ0) is 22.7. The van der Waals surface area contributed by atoms with Crippen molar-refractivity contribution in [2.24, 2.45) is 5.92 Å². The molecule has 32 heavy (non-hydrogen) atoms. The lowest BCUT2D eigenvalue weighted by Gasteiger charge is -2.24. The number of thiophene rings is 1. The number of nitrogens with one attached hydrogen (secondary N) is 2. The summed E-state index contributed by atoms with van der Waals surface area (Å²) in [7, 11) is 0. The Kier molecular flexibility index (Phi) is 7.23. The molecule has 1 aromatic carbocycles. The number of amides is 2. The van der Waals surface area contributed by atoms with Gasteiger partial charge in [-0.05, 0) is 80.9 Å². The SMILES string of the molecule is CC(C)CC(NC(=O)c1ccc(Cl)s1)C(=O)Nc1ccc(C2(CN3CCCC3)CC2)cc1. The van der Waals surface area contributed by atoms with Crippen LogP contribution in [0.3, 0.4) is 0 Å². The number of benzene rings is 1. The Morgan fingerprint density at radius 2 is 1.78 bits per heavy atom. The third-order valence-electron chi connectivity index (χ3n) is 6.47. The minimum Gasteiger partial charge on any atom is -0.340 e. The number of carbonyl (C=O) groups excluding carboxylic acids is 2. The third kappa shape index (κ3) is 5.72. The molecular formula is C25H32ClN3O2S. The Labute approximate surface area is 199 Å². The van der Waals surface area contributed by atoms with E-state index in [0.717, 1.165) is 12.2 Å². The Morgan fingerprint density at radius 3 is 2.34 bits per heavy atom. The molecule has 2 fully saturated rings. The highest BCUT2D eigenvalue weighted by Gasteiger charge is 2.45. The Bertz CT molecular complexity index is 946. The van der Waals surface area contributed by atoms with Crippen molar-refractivity contribution in [1.82, 2.24) is 10.2 Å². The van der Waals surface area contributed by atoms with E-state index in [1.54, 1.807) is 12.1 Å². The number of hydrogen-bond donors (Lipinski definition) is 2. The maximum absolute atomic E-state index is 13.0. The fraction of sp³-hybridized carbons (Fsp3) is 0.520. The quantitative estimate of drug-likeness (QED) is 0.518. The zero-order valence-electron chi connectivity index (χ0n) is 18.8. The van der Waals surface area contributed by atoms with Crippen LogP contribution in [0.25, 0.3) is 0 Å². The van der Waals surface area contributed by atoms with Crippen LogP contribution < -0.4 is 10.6 Å². The maximum Gasteiger partial charge on any atom is 0.262 e. The van der Waals surface area contributed by atoms with Gasteiger partial charge in [-0.25, -0.2) is 0 Å². The molecule has 1 aliphatic carbocycles. The Hall–Kier alpha value is -1.89. The highest BCUT2D eigenvalue weighted by Crippen LogP contribution is 2.49. The molecule has 2 amide bonds. The van der Waals surface area contributed by atoms with Crippen molar-refractivity contribution in [1.29, 1.82) is 0 Å². The number of likely N-dealkylation sites (tertiary alicyclic amines) is 1. The molecule has 1 unspecified atom stereocenters. The summed E-state index contributed by atoms with van der Waals surface area (Å²) in [5, 5.41) is 5.87. The first-order valence-corrected chi connectivity index (χ1v) is 12.7. The number of hydrogen-bond acceptors (Lipinski definition) is 4. The molecule has 2 aromatic rings. The van der Waals surface area contributed by atoms with Gasteiger partial charge < -0.3 is 15.5 Å².